The first-order valence-corrected chi connectivity index (χ1v) is 5.61. The van der Waals surface area contributed by atoms with Gasteiger partial charge >= 0.3 is 0 Å². The van der Waals surface area contributed by atoms with E-state index in [0.29, 0.717) is 11.3 Å². The summed E-state index contributed by atoms with van der Waals surface area (Å²) in [5, 5.41) is 7.63. The molecule has 16 heavy (non-hydrogen) atoms. The van der Waals surface area contributed by atoms with Crippen LogP contribution in [0.3, 0.4) is 0 Å². The van der Waals surface area contributed by atoms with Crippen molar-refractivity contribution in [3.8, 4) is 0 Å². The lowest BCUT2D eigenvalue weighted by Crippen LogP contribution is -2.06. The molecule has 0 unspecified atom stereocenters. The standard InChI is InChI=1S/C12H9BrN2O/c13-11-6-2-1-5-10(11)12(16)8-9-4-3-7-14-15-9/h1-7H,8H2. The molecule has 0 amide bonds. The lowest BCUT2D eigenvalue weighted by molar-refractivity contribution is 0.0991. The Morgan fingerprint density at radius 2 is 2.00 bits per heavy atom. The minimum absolute atomic E-state index is 0.0352. The monoisotopic (exact) mass is 276 g/mol. The number of carbonyl (C=O) groups is 1. The van der Waals surface area contributed by atoms with Gasteiger partial charge in [-0.2, -0.15) is 10.2 Å². The molecule has 0 saturated carbocycles. The van der Waals surface area contributed by atoms with Gasteiger partial charge < -0.3 is 0 Å². The molecule has 0 aliphatic heterocycles. The molecule has 2 rings (SSSR count). The van der Waals surface area contributed by atoms with Gasteiger partial charge in [0.15, 0.2) is 5.78 Å². The number of nitrogens with zero attached hydrogens (tertiary/aromatic N) is 2. The van der Waals surface area contributed by atoms with Crippen molar-refractivity contribution in [1.82, 2.24) is 10.2 Å². The van der Waals surface area contributed by atoms with Gasteiger partial charge in [-0.1, -0.05) is 34.1 Å². The molecule has 0 atom stereocenters. The molecule has 0 N–H and O–H groups in total. The highest BCUT2D eigenvalue weighted by molar-refractivity contribution is 9.10. The van der Waals surface area contributed by atoms with Crippen LogP contribution in [-0.4, -0.2) is 16.0 Å². The highest BCUT2D eigenvalue weighted by Crippen LogP contribution is 2.17. The molecule has 0 bridgehead atoms. The van der Waals surface area contributed by atoms with Crippen LogP contribution in [0.2, 0.25) is 0 Å². The highest BCUT2D eigenvalue weighted by atomic mass is 79.9. The molecular formula is C12H9BrN2O. The molecule has 0 saturated heterocycles. The molecule has 0 radical (unpaired) electrons. The molecule has 0 aliphatic rings. The number of hydrogen-bond acceptors (Lipinski definition) is 3. The third-order valence-corrected chi connectivity index (χ3v) is 2.83. The van der Waals surface area contributed by atoms with E-state index in [9.17, 15) is 4.79 Å². The number of hydrogen-bond donors (Lipinski definition) is 0. The van der Waals surface area contributed by atoms with Crippen LogP contribution >= 0.6 is 15.9 Å². The Morgan fingerprint density at radius 1 is 1.19 bits per heavy atom. The maximum atomic E-state index is 11.9. The lowest BCUT2D eigenvalue weighted by Gasteiger charge is -2.02. The zero-order chi connectivity index (χ0) is 11.4. The zero-order valence-electron chi connectivity index (χ0n) is 8.43. The predicted octanol–water partition coefficient (Wildman–Crippen LogP) is 2.66. The van der Waals surface area contributed by atoms with E-state index in [2.05, 4.69) is 26.1 Å². The first-order chi connectivity index (χ1) is 7.77. The van der Waals surface area contributed by atoms with Crippen LogP contribution in [0, 0.1) is 0 Å². The van der Waals surface area contributed by atoms with E-state index in [0.717, 1.165) is 4.47 Å². The molecule has 0 fully saturated rings. The molecule has 1 heterocycles. The van der Waals surface area contributed by atoms with E-state index >= 15 is 0 Å². The summed E-state index contributed by atoms with van der Waals surface area (Å²) in [6, 6.07) is 10.9. The Hall–Kier alpha value is -1.55. The zero-order valence-corrected chi connectivity index (χ0v) is 10.0. The maximum Gasteiger partial charge on any atom is 0.170 e. The lowest BCUT2D eigenvalue weighted by atomic mass is 10.1. The van der Waals surface area contributed by atoms with Gasteiger partial charge in [0.25, 0.3) is 0 Å². The van der Waals surface area contributed by atoms with E-state index in [1.807, 2.05) is 18.2 Å². The van der Waals surface area contributed by atoms with Crippen LogP contribution in [0.1, 0.15) is 16.1 Å². The maximum absolute atomic E-state index is 11.9. The molecule has 1 aromatic carbocycles. The molecule has 1 aromatic heterocycles. The second kappa shape index (κ2) is 4.99. The summed E-state index contributed by atoms with van der Waals surface area (Å²) in [5.41, 5.74) is 1.36. The number of carbonyl (C=O) groups excluding carboxylic acids is 1. The van der Waals surface area contributed by atoms with Crippen LogP contribution in [0.4, 0.5) is 0 Å². The van der Waals surface area contributed by atoms with E-state index in [-0.39, 0.29) is 12.2 Å². The molecule has 0 aliphatic carbocycles. The number of aromatic nitrogens is 2. The van der Waals surface area contributed by atoms with Crippen LogP contribution in [0.25, 0.3) is 0 Å². The summed E-state index contributed by atoms with van der Waals surface area (Å²) in [4.78, 5) is 11.9. The number of halogens is 1. The first-order valence-electron chi connectivity index (χ1n) is 4.81. The van der Waals surface area contributed by atoms with Crippen LogP contribution in [0.15, 0.2) is 47.1 Å². The van der Waals surface area contributed by atoms with Crippen molar-refractivity contribution >= 4 is 21.7 Å². The van der Waals surface area contributed by atoms with Crippen molar-refractivity contribution in [2.45, 2.75) is 6.42 Å². The average molecular weight is 277 g/mol. The Bertz CT molecular complexity index is 499. The third kappa shape index (κ3) is 2.52. The number of ketones is 1. The van der Waals surface area contributed by atoms with Gasteiger partial charge in [0.2, 0.25) is 0 Å². The number of Topliss-reactive ketones (excluding diaryl/α,β-unsaturated/α-hetero) is 1. The molecule has 2 aromatic rings. The second-order valence-electron chi connectivity index (χ2n) is 3.29. The van der Waals surface area contributed by atoms with E-state index in [1.54, 1.807) is 24.4 Å². The fourth-order valence-corrected chi connectivity index (χ4v) is 1.88. The summed E-state index contributed by atoms with van der Waals surface area (Å²) in [6.07, 6.45) is 1.86. The van der Waals surface area contributed by atoms with Crippen molar-refractivity contribution in [2.75, 3.05) is 0 Å². The van der Waals surface area contributed by atoms with Crippen molar-refractivity contribution in [3.63, 3.8) is 0 Å². The van der Waals surface area contributed by atoms with Gasteiger partial charge in [-0.05, 0) is 18.2 Å². The van der Waals surface area contributed by atoms with Crippen LogP contribution in [-0.2, 0) is 6.42 Å². The van der Waals surface area contributed by atoms with Gasteiger partial charge in [0.05, 0.1) is 12.1 Å². The largest absolute Gasteiger partial charge is 0.294 e. The molecular weight excluding hydrogens is 268 g/mol. The van der Waals surface area contributed by atoms with Crippen LogP contribution in [0.5, 0.6) is 0 Å². The fourth-order valence-electron chi connectivity index (χ4n) is 1.37. The topological polar surface area (TPSA) is 42.9 Å². The summed E-state index contributed by atoms with van der Waals surface area (Å²) in [6.45, 7) is 0. The minimum atomic E-state index is 0.0352. The molecule has 80 valence electrons. The Balaban J connectivity index is 2.19. The Morgan fingerprint density at radius 3 is 2.69 bits per heavy atom. The first kappa shape index (κ1) is 11.0. The minimum Gasteiger partial charge on any atom is -0.294 e. The normalized spacial score (nSPS) is 10.1. The Kier molecular flexibility index (Phi) is 3.41. The van der Waals surface area contributed by atoms with E-state index in [4.69, 9.17) is 0 Å². The third-order valence-electron chi connectivity index (χ3n) is 2.14. The van der Waals surface area contributed by atoms with Crippen molar-refractivity contribution in [2.24, 2.45) is 0 Å². The number of rotatable bonds is 3. The van der Waals surface area contributed by atoms with Crippen molar-refractivity contribution in [1.29, 1.82) is 0 Å². The van der Waals surface area contributed by atoms with Gasteiger partial charge in [-0.25, -0.2) is 0 Å². The summed E-state index contributed by atoms with van der Waals surface area (Å²) < 4.78 is 0.809. The highest BCUT2D eigenvalue weighted by Gasteiger charge is 2.10. The van der Waals surface area contributed by atoms with Gasteiger partial charge in [-0.15, -0.1) is 0 Å². The summed E-state index contributed by atoms with van der Waals surface area (Å²) in [7, 11) is 0. The Labute approximate surface area is 102 Å². The molecule has 0 spiro atoms. The summed E-state index contributed by atoms with van der Waals surface area (Å²) in [5.74, 6) is 0.0352. The molecule has 4 heteroatoms. The van der Waals surface area contributed by atoms with Gasteiger partial charge in [0, 0.05) is 16.2 Å². The van der Waals surface area contributed by atoms with Crippen molar-refractivity contribution < 1.29 is 4.79 Å². The fraction of sp³-hybridized carbons (Fsp3) is 0.0833. The second-order valence-corrected chi connectivity index (χ2v) is 4.15. The van der Waals surface area contributed by atoms with Crippen LogP contribution < -0.4 is 0 Å². The SMILES string of the molecule is O=C(Cc1cccnn1)c1ccccc1Br. The van der Waals surface area contributed by atoms with E-state index in [1.165, 1.54) is 0 Å². The van der Waals surface area contributed by atoms with Gasteiger partial charge in [0.1, 0.15) is 0 Å². The number of benzene rings is 1. The average Bonchev–Trinajstić information content (AvgIpc) is 2.31. The quantitative estimate of drug-likeness (QED) is 0.810. The summed E-state index contributed by atoms with van der Waals surface area (Å²) >= 11 is 3.35. The van der Waals surface area contributed by atoms with E-state index < -0.39 is 0 Å². The molecule has 3 nitrogen and oxygen atoms in total. The smallest absolute Gasteiger partial charge is 0.170 e. The predicted molar refractivity (Wildman–Crippen MR) is 64.2 cm³/mol. The van der Waals surface area contributed by atoms with Gasteiger partial charge in [-0.3, -0.25) is 4.79 Å². The van der Waals surface area contributed by atoms with Crippen molar-refractivity contribution in [3.05, 3.63) is 58.3 Å².